The van der Waals surface area contributed by atoms with Crippen molar-refractivity contribution >= 4 is 33.7 Å². The summed E-state index contributed by atoms with van der Waals surface area (Å²) < 4.78 is 32.5. The summed E-state index contributed by atoms with van der Waals surface area (Å²) in [4.78, 5) is 30.8. The van der Waals surface area contributed by atoms with Gasteiger partial charge in [-0.2, -0.15) is 0 Å². The number of methoxy groups -OCH3 is 6. The summed E-state index contributed by atoms with van der Waals surface area (Å²) >= 11 is 0. The number of H-pyrrole nitrogens is 2. The maximum atomic E-state index is 12.3. The predicted octanol–water partition coefficient (Wildman–Crippen LogP) is 3.92. The molecule has 10 nitrogen and oxygen atoms in total. The molecule has 0 atom stereocenters. The van der Waals surface area contributed by atoms with Crippen LogP contribution in [0.15, 0.2) is 24.3 Å². The topological polar surface area (TPSA) is 121 Å². The average Bonchev–Trinajstić information content (AvgIpc) is 3.49. The van der Waals surface area contributed by atoms with Crippen molar-refractivity contribution in [2.24, 2.45) is 0 Å². The third-order valence-electron chi connectivity index (χ3n) is 5.58. The summed E-state index contributed by atoms with van der Waals surface area (Å²) in [5, 5.41) is 1.34. The van der Waals surface area contributed by atoms with Crippen molar-refractivity contribution in [3.8, 4) is 34.1 Å². The number of fused-ring (bicyclic) bond motifs is 2. The first-order chi connectivity index (χ1) is 16.4. The lowest BCUT2D eigenvalue weighted by Crippen LogP contribution is -2.02. The number of aromatic nitrogens is 2. The number of hydrogen-bond donors (Lipinski definition) is 2. The van der Waals surface area contributed by atoms with Crippen LogP contribution in [0.2, 0.25) is 0 Å². The Morgan fingerprint density at radius 2 is 0.971 bits per heavy atom. The lowest BCUT2D eigenvalue weighted by atomic mass is 9.97. The lowest BCUT2D eigenvalue weighted by molar-refractivity contribution is 0.0586. The highest BCUT2D eigenvalue weighted by molar-refractivity contribution is 6.12. The van der Waals surface area contributed by atoms with Gasteiger partial charge in [0.25, 0.3) is 0 Å². The van der Waals surface area contributed by atoms with E-state index in [-0.39, 0.29) is 11.4 Å². The Bertz CT molecular complexity index is 1310. The van der Waals surface area contributed by atoms with Crippen molar-refractivity contribution in [3.63, 3.8) is 0 Å². The quantitative estimate of drug-likeness (QED) is 0.392. The summed E-state index contributed by atoms with van der Waals surface area (Å²) in [7, 11) is 8.66. The molecule has 0 bridgehead atoms. The zero-order valence-corrected chi connectivity index (χ0v) is 19.6. The average molecular weight is 468 g/mol. The smallest absolute Gasteiger partial charge is 0.354 e. The highest BCUT2D eigenvalue weighted by Crippen LogP contribution is 2.51. The Hall–Kier alpha value is -4.34. The van der Waals surface area contributed by atoms with E-state index < -0.39 is 11.9 Å². The van der Waals surface area contributed by atoms with Gasteiger partial charge in [0.1, 0.15) is 11.4 Å². The molecule has 0 aliphatic carbocycles. The van der Waals surface area contributed by atoms with Crippen LogP contribution < -0.4 is 18.9 Å². The molecule has 0 fully saturated rings. The molecule has 10 heteroatoms. The highest BCUT2D eigenvalue weighted by atomic mass is 16.5. The molecule has 4 aromatic rings. The van der Waals surface area contributed by atoms with Gasteiger partial charge >= 0.3 is 11.9 Å². The van der Waals surface area contributed by atoms with E-state index in [1.807, 2.05) is 0 Å². The number of ether oxygens (including phenoxy) is 6. The molecule has 0 aliphatic rings. The molecular weight excluding hydrogens is 444 g/mol. The molecule has 0 spiro atoms. The number of carbonyl (C=O) groups is 2. The fraction of sp³-hybridized carbons (Fsp3) is 0.250. The van der Waals surface area contributed by atoms with Crippen molar-refractivity contribution in [1.82, 2.24) is 9.97 Å². The molecule has 2 aromatic carbocycles. The first-order valence-electron chi connectivity index (χ1n) is 10.1. The first kappa shape index (κ1) is 22.8. The number of carbonyl (C=O) groups excluding carboxylic acids is 2. The maximum absolute atomic E-state index is 12.3. The number of hydrogen-bond acceptors (Lipinski definition) is 8. The summed E-state index contributed by atoms with van der Waals surface area (Å²) in [6, 6.07) is 6.81. The van der Waals surface area contributed by atoms with E-state index in [4.69, 9.17) is 28.4 Å². The van der Waals surface area contributed by atoms with Gasteiger partial charge in [-0.05, 0) is 24.3 Å². The van der Waals surface area contributed by atoms with Gasteiger partial charge in [-0.15, -0.1) is 0 Å². The fourth-order valence-corrected chi connectivity index (χ4v) is 4.10. The fourth-order valence-electron chi connectivity index (χ4n) is 4.10. The van der Waals surface area contributed by atoms with Crippen LogP contribution in [0.25, 0.3) is 32.9 Å². The Balaban J connectivity index is 2.22. The maximum Gasteiger partial charge on any atom is 0.354 e. The number of esters is 2. The molecule has 0 saturated heterocycles. The first-order valence-corrected chi connectivity index (χ1v) is 10.1. The minimum absolute atomic E-state index is 0.244. The van der Waals surface area contributed by atoms with Crippen molar-refractivity contribution < 1.29 is 38.0 Å². The zero-order chi connectivity index (χ0) is 24.6. The van der Waals surface area contributed by atoms with Crippen LogP contribution in [0.4, 0.5) is 0 Å². The normalized spacial score (nSPS) is 10.9. The monoisotopic (exact) mass is 468 g/mol. The Kier molecular flexibility index (Phi) is 5.97. The second-order valence-electron chi connectivity index (χ2n) is 7.25. The molecule has 2 aromatic heterocycles. The van der Waals surface area contributed by atoms with Crippen LogP contribution in [0.3, 0.4) is 0 Å². The largest absolute Gasteiger partial charge is 0.493 e. The third-order valence-corrected chi connectivity index (χ3v) is 5.58. The minimum atomic E-state index is -0.532. The van der Waals surface area contributed by atoms with Crippen LogP contribution >= 0.6 is 0 Å². The molecule has 178 valence electrons. The van der Waals surface area contributed by atoms with E-state index in [2.05, 4.69) is 9.97 Å². The van der Waals surface area contributed by atoms with Gasteiger partial charge in [0.05, 0.1) is 64.8 Å². The highest BCUT2D eigenvalue weighted by Gasteiger charge is 2.28. The summed E-state index contributed by atoms with van der Waals surface area (Å²) in [5.74, 6) is 0.563. The van der Waals surface area contributed by atoms with E-state index in [1.165, 1.54) is 42.7 Å². The SMILES string of the molecule is COC(=O)c1cc2cc(OC)c(OC)c(-c3c(OC)c(OC)cc4cc(C(=O)OC)[nH]c34)c2[nH]1. The molecule has 34 heavy (non-hydrogen) atoms. The molecule has 0 unspecified atom stereocenters. The van der Waals surface area contributed by atoms with E-state index in [0.717, 1.165) is 0 Å². The predicted molar refractivity (Wildman–Crippen MR) is 124 cm³/mol. The molecule has 0 radical (unpaired) electrons. The minimum Gasteiger partial charge on any atom is -0.493 e. The van der Waals surface area contributed by atoms with Gasteiger partial charge < -0.3 is 38.4 Å². The van der Waals surface area contributed by atoms with E-state index in [0.29, 0.717) is 55.9 Å². The van der Waals surface area contributed by atoms with Crippen molar-refractivity contribution in [3.05, 3.63) is 35.7 Å². The standard InChI is InChI=1S/C24H24N2O8/c1-29-15-9-11-7-13(23(27)33-5)25-19(11)17(21(15)31-3)18-20-12(8-14(26-20)24(28)34-6)10-16(30-2)22(18)32-4/h7-10,25-26H,1-6H3. The number of rotatable bonds is 7. The van der Waals surface area contributed by atoms with Gasteiger partial charge in [-0.25, -0.2) is 9.59 Å². The summed E-state index contributed by atoms with van der Waals surface area (Å²) in [6.07, 6.45) is 0. The van der Waals surface area contributed by atoms with Crippen molar-refractivity contribution in [2.45, 2.75) is 0 Å². The molecule has 4 rings (SSSR count). The molecule has 0 amide bonds. The lowest BCUT2D eigenvalue weighted by Gasteiger charge is -2.19. The van der Waals surface area contributed by atoms with Crippen LogP contribution in [0.5, 0.6) is 23.0 Å². The molecule has 0 saturated carbocycles. The van der Waals surface area contributed by atoms with Crippen LogP contribution in [-0.2, 0) is 9.47 Å². The zero-order valence-electron chi connectivity index (χ0n) is 19.6. The molecule has 0 aliphatic heterocycles. The Morgan fingerprint density at radius 3 is 1.26 bits per heavy atom. The molecular formula is C24H24N2O8. The van der Waals surface area contributed by atoms with Gasteiger partial charge in [-0.3, -0.25) is 0 Å². The Labute approximate surface area is 194 Å². The molecule has 2 N–H and O–H groups in total. The number of nitrogens with one attached hydrogen (secondary N) is 2. The van der Waals surface area contributed by atoms with Crippen molar-refractivity contribution in [2.75, 3.05) is 42.7 Å². The second-order valence-corrected chi connectivity index (χ2v) is 7.25. The van der Waals surface area contributed by atoms with Gasteiger partial charge in [0.2, 0.25) is 0 Å². The van der Waals surface area contributed by atoms with Crippen LogP contribution in [0.1, 0.15) is 21.0 Å². The van der Waals surface area contributed by atoms with Gasteiger partial charge in [0.15, 0.2) is 23.0 Å². The Morgan fingerprint density at radius 1 is 0.588 bits per heavy atom. The number of benzene rings is 2. The van der Waals surface area contributed by atoms with Crippen LogP contribution in [0, 0.1) is 0 Å². The van der Waals surface area contributed by atoms with Gasteiger partial charge in [-0.1, -0.05) is 0 Å². The number of aromatic amines is 2. The van der Waals surface area contributed by atoms with E-state index in [1.54, 1.807) is 24.3 Å². The summed E-state index contributed by atoms with van der Waals surface area (Å²) in [5.41, 5.74) is 2.69. The van der Waals surface area contributed by atoms with Crippen molar-refractivity contribution in [1.29, 1.82) is 0 Å². The third kappa shape index (κ3) is 3.43. The van der Waals surface area contributed by atoms with E-state index >= 15 is 0 Å². The second kappa shape index (κ2) is 8.89. The van der Waals surface area contributed by atoms with E-state index in [9.17, 15) is 9.59 Å². The van der Waals surface area contributed by atoms with Crippen LogP contribution in [-0.4, -0.2) is 64.6 Å². The molecule has 2 heterocycles. The van der Waals surface area contributed by atoms with Gasteiger partial charge in [0, 0.05) is 10.8 Å². The summed E-state index contributed by atoms with van der Waals surface area (Å²) in [6.45, 7) is 0.